The van der Waals surface area contributed by atoms with Crippen molar-refractivity contribution >= 4 is 10.2 Å². The lowest BCUT2D eigenvalue weighted by Gasteiger charge is -2.12. The Morgan fingerprint density at radius 3 is 2.56 bits per heavy atom. The van der Waals surface area contributed by atoms with Crippen LogP contribution in [0.25, 0.3) is 0 Å². The molecule has 0 amide bonds. The normalized spacial score (nSPS) is 19.8. The number of benzene rings is 1. The molecule has 1 aliphatic carbocycles. The third-order valence-electron chi connectivity index (χ3n) is 2.58. The van der Waals surface area contributed by atoms with Crippen LogP contribution in [0.3, 0.4) is 0 Å². The van der Waals surface area contributed by atoms with Crippen molar-refractivity contribution in [2.75, 3.05) is 0 Å². The lowest BCUT2D eigenvalue weighted by Crippen LogP contribution is -2.33. The van der Waals surface area contributed by atoms with Crippen LogP contribution in [0.4, 0.5) is 8.78 Å². The van der Waals surface area contributed by atoms with Gasteiger partial charge < -0.3 is 0 Å². The van der Waals surface area contributed by atoms with E-state index in [0.717, 1.165) is 12.1 Å². The number of nitrogens with one attached hydrogen (secondary N) is 1. The van der Waals surface area contributed by atoms with Crippen LogP contribution in [-0.2, 0) is 16.6 Å². The Labute approximate surface area is 91.6 Å². The van der Waals surface area contributed by atoms with E-state index in [0.29, 0.717) is 12.8 Å². The van der Waals surface area contributed by atoms with E-state index in [-0.39, 0.29) is 11.1 Å². The Morgan fingerprint density at radius 2 is 1.94 bits per heavy atom. The first-order chi connectivity index (χ1) is 7.38. The highest BCUT2D eigenvalue weighted by Gasteiger charge is 2.30. The average Bonchev–Trinajstić information content (AvgIpc) is 2.54. The Balaban J connectivity index is 2.43. The Morgan fingerprint density at radius 1 is 1.31 bits per heavy atom. The summed E-state index contributed by atoms with van der Waals surface area (Å²) in [5.41, 5.74) is 0.287. The monoisotopic (exact) mass is 248 g/mol. The van der Waals surface area contributed by atoms with Crippen molar-refractivity contribution in [3.8, 4) is 0 Å². The highest BCUT2D eigenvalue weighted by molar-refractivity contribution is 7.87. The fourth-order valence-electron chi connectivity index (χ4n) is 1.99. The molecular weight excluding hydrogens is 238 g/mol. The van der Waals surface area contributed by atoms with Gasteiger partial charge in [0.15, 0.2) is 0 Å². The maximum absolute atomic E-state index is 13.5. The van der Waals surface area contributed by atoms with Gasteiger partial charge in [-0.1, -0.05) is 0 Å². The van der Waals surface area contributed by atoms with Crippen LogP contribution in [-0.4, -0.2) is 8.42 Å². The van der Waals surface area contributed by atoms with Crippen LogP contribution in [0.1, 0.15) is 23.6 Å². The van der Waals surface area contributed by atoms with Gasteiger partial charge in [-0.3, -0.25) is 0 Å². The molecule has 0 spiro atoms. The molecule has 4 nitrogen and oxygen atoms in total. The summed E-state index contributed by atoms with van der Waals surface area (Å²) >= 11 is 0. The molecule has 0 bridgehead atoms. The van der Waals surface area contributed by atoms with Gasteiger partial charge in [0.05, 0.1) is 6.04 Å². The van der Waals surface area contributed by atoms with E-state index in [2.05, 4.69) is 4.72 Å². The third kappa shape index (κ3) is 2.06. The lowest BCUT2D eigenvalue weighted by molar-refractivity contribution is 0.537. The van der Waals surface area contributed by atoms with Gasteiger partial charge in [0.25, 0.3) is 10.2 Å². The van der Waals surface area contributed by atoms with Crippen molar-refractivity contribution in [1.29, 1.82) is 0 Å². The highest BCUT2D eigenvalue weighted by atomic mass is 32.2. The molecule has 0 radical (unpaired) electrons. The molecule has 1 aromatic rings. The molecule has 0 fully saturated rings. The van der Waals surface area contributed by atoms with Gasteiger partial charge in [0.1, 0.15) is 11.6 Å². The van der Waals surface area contributed by atoms with E-state index < -0.39 is 27.9 Å². The zero-order valence-electron chi connectivity index (χ0n) is 8.20. The Hall–Kier alpha value is -1.05. The molecule has 88 valence electrons. The van der Waals surface area contributed by atoms with Crippen LogP contribution in [0, 0.1) is 11.6 Å². The molecule has 1 atom stereocenters. The molecule has 0 saturated heterocycles. The second-order valence-electron chi connectivity index (χ2n) is 3.68. The molecule has 7 heteroatoms. The maximum Gasteiger partial charge on any atom is 0.274 e. The lowest BCUT2D eigenvalue weighted by atomic mass is 10.1. The summed E-state index contributed by atoms with van der Waals surface area (Å²) in [7, 11) is -3.92. The summed E-state index contributed by atoms with van der Waals surface area (Å²) in [4.78, 5) is 0. The SMILES string of the molecule is NS(=O)(=O)N[C@H]1CCc2c(F)ccc(F)c21. The summed E-state index contributed by atoms with van der Waals surface area (Å²) in [6.07, 6.45) is 0.607. The van der Waals surface area contributed by atoms with Crippen molar-refractivity contribution in [2.24, 2.45) is 5.14 Å². The molecule has 1 aliphatic rings. The van der Waals surface area contributed by atoms with Crippen molar-refractivity contribution in [3.63, 3.8) is 0 Å². The topological polar surface area (TPSA) is 72.2 Å². The quantitative estimate of drug-likeness (QED) is 0.810. The summed E-state index contributed by atoms with van der Waals surface area (Å²) in [5.74, 6) is -1.13. The molecule has 0 heterocycles. The van der Waals surface area contributed by atoms with Crippen LogP contribution < -0.4 is 9.86 Å². The molecule has 0 unspecified atom stereocenters. The summed E-state index contributed by atoms with van der Waals surface area (Å²) in [6.45, 7) is 0. The second kappa shape index (κ2) is 3.76. The first kappa shape index (κ1) is 11.4. The molecular formula is C9H10F2N2O2S. The third-order valence-corrected chi connectivity index (χ3v) is 3.20. The van der Waals surface area contributed by atoms with Crippen molar-refractivity contribution in [3.05, 3.63) is 34.9 Å². The minimum absolute atomic E-state index is 0.0639. The van der Waals surface area contributed by atoms with Crippen molar-refractivity contribution < 1.29 is 17.2 Å². The molecule has 3 N–H and O–H groups in total. The van der Waals surface area contributed by atoms with Gasteiger partial charge in [-0.2, -0.15) is 13.1 Å². The van der Waals surface area contributed by atoms with Crippen molar-refractivity contribution in [2.45, 2.75) is 18.9 Å². The minimum atomic E-state index is -3.92. The van der Waals surface area contributed by atoms with Gasteiger partial charge in [-0.15, -0.1) is 0 Å². The van der Waals surface area contributed by atoms with E-state index in [4.69, 9.17) is 5.14 Å². The van der Waals surface area contributed by atoms with E-state index in [1.165, 1.54) is 0 Å². The number of rotatable bonds is 2. The second-order valence-corrected chi connectivity index (χ2v) is 5.00. The largest absolute Gasteiger partial charge is 0.274 e. The molecule has 2 rings (SSSR count). The first-order valence-electron chi connectivity index (χ1n) is 4.65. The first-order valence-corrected chi connectivity index (χ1v) is 6.20. The number of hydrogen-bond donors (Lipinski definition) is 2. The molecule has 0 saturated carbocycles. The zero-order chi connectivity index (χ0) is 11.9. The fraction of sp³-hybridized carbons (Fsp3) is 0.333. The number of halogens is 2. The van der Waals surface area contributed by atoms with E-state index >= 15 is 0 Å². The maximum atomic E-state index is 13.5. The van der Waals surface area contributed by atoms with Crippen molar-refractivity contribution in [1.82, 2.24) is 4.72 Å². The predicted octanol–water partition coefficient (Wildman–Crippen LogP) is 0.745. The van der Waals surface area contributed by atoms with Gasteiger partial charge >= 0.3 is 0 Å². The predicted molar refractivity (Wildman–Crippen MR) is 53.7 cm³/mol. The minimum Gasteiger partial charge on any atom is -0.216 e. The summed E-state index contributed by atoms with van der Waals surface area (Å²) < 4.78 is 50.5. The highest BCUT2D eigenvalue weighted by Crippen LogP contribution is 2.34. The number of hydrogen-bond acceptors (Lipinski definition) is 2. The van der Waals surface area contributed by atoms with Gasteiger partial charge in [0, 0.05) is 5.56 Å². The Kier molecular flexibility index (Phi) is 2.69. The van der Waals surface area contributed by atoms with Crippen LogP contribution in [0.15, 0.2) is 12.1 Å². The Bertz CT molecular complexity index is 531. The van der Waals surface area contributed by atoms with Gasteiger partial charge in [-0.25, -0.2) is 13.9 Å². The molecule has 0 aliphatic heterocycles. The van der Waals surface area contributed by atoms with Gasteiger partial charge in [-0.05, 0) is 30.5 Å². The molecule has 16 heavy (non-hydrogen) atoms. The van der Waals surface area contributed by atoms with Crippen LogP contribution in [0.2, 0.25) is 0 Å². The van der Waals surface area contributed by atoms with Crippen LogP contribution in [0.5, 0.6) is 0 Å². The van der Waals surface area contributed by atoms with E-state index in [9.17, 15) is 17.2 Å². The summed E-state index contributed by atoms with van der Waals surface area (Å²) in [6, 6.07) is 1.24. The number of nitrogens with two attached hydrogens (primary N) is 1. The van der Waals surface area contributed by atoms with Gasteiger partial charge in [0.2, 0.25) is 0 Å². The smallest absolute Gasteiger partial charge is 0.216 e. The standard InChI is InChI=1S/C9H10F2N2O2S/c10-6-2-3-7(11)9-5(6)1-4-8(9)13-16(12,14)15/h2-3,8,13H,1,4H2,(H2,12,14,15)/t8-/m0/s1. The fourth-order valence-corrected chi connectivity index (χ4v) is 2.62. The van der Waals surface area contributed by atoms with E-state index in [1.54, 1.807) is 0 Å². The van der Waals surface area contributed by atoms with E-state index in [1.807, 2.05) is 0 Å². The number of fused-ring (bicyclic) bond motifs is 1. The molecule has 1 aromatic carbocycles. The summed E-state index contributed by atoms with van der Waals surface area (Å²) in [5, 5.41) is 4.81. The zero-order valence-corrected chi connectivity index (χ0v) is 9.02. The average molecular weight is 248 g/mol. The molecule has 0 aromatic heterocycles. The van der Waals surface area contributed by atoms with Crippen LogP contribution >= 0.6 is 0 Å².